The number of likely N-dealkylation sites (tertiary alicyclic amines) is 1. The highest BCUT2D eigenvalue weighted by Crippen LogP contribution is 2.20. The van der Waals surface area contributed by atoms with Crippen molar-refractivity contribution in [1.82, 2.24) is 14.7 Å². The Balaban J connectivity index is 1.95. The average Bonchev–Trinajstić information content (AvgIpc) is 2.76. The second-order valence-corrected chi connectivity index (χ2v) is 4.92. The summed E-state index contributed by atoms with van der Waals surface area (Å²) < 4.78 is 2.05. The number of nitrogens with zero attached hydrogens (tertiary/aromatic N) is 3. The smallest absolute Gasteiger partial charge is 0.146 e. The lowest BCUT2D eigenvalue weighted by Crippen LogP contribution is -2.39. The number of hydrogen-bond donors (Lipinski definition) is 0. The van der Waals surface area contributed by atoms with Crippen LogP contribution in [0.3, 0.4) is 0 Å². The van der Waals surface area contributed by atoms with Crippen molar-refractivity contribution in [3.05, 3.63) is 18.0 Å². The fourth-order valence-corrected chi connectivity index (χ4v) is 2.38. The van der Waals surface area contributed by atoms with Crippen molar-refractivity contribution in [3.8, 4) is 0 Å². The van der Waals surface area contributed by atoms with Crippen LogP contribution in [0.1, 0.15) is 37.8 Å². The lowest BCUT2D eigenvalue weighted by molar-refractivity contribution is -0.120. The first-order valence-corrected chi connectivity index (χ1v) is 6.44. The predicted molar refractivity (Wildman–Crippen MR) is 67.0 cm³/mol. The van der Waals surface area contributed by atoms with E-state index in [-0.39, 0.29) is 0 Å². The molecule has 0 aliphatic carbocycles. The lowest BCUT2D eigenvalue weighted by atomic mass is 10.1. The number of carbonyl (C=O) groups is 1. The molecule has 1 aliphatic heterocycles. The van der Waals surface area contributed by atoms with Crippen LogP contribution in [0, 0.1) is 6.92 Å². The summed E-state index contributed by atoms with van der Waals surface area (Å²) >= 11 is 0. The van der Waals surface area contributed by atoms with Crippen molar-refractivity contribution in [2.24, 2.45) is 0 Å². The largest absolute Gasteiger partial charge is 0.298 e. The number of Topliss-reactive ketones (excluding diaryl/α,β-unsaturated/α-hetero) is 1. The van der Waals surface area contributed by atoms with E-state index in [1.807, 2.05) is 13.1 Å². The van der Waals surface area contributed by atoms with Gasteiger partial charge in [-0.3, -0.25) is 14.4 Å². The second kappa shape index (κ2) is 5.45. The number of aryl methyl sites for hydroxylation is 1. The predicted octanol–water partition coefficient (Wildman–Crippen LogP) is 1.81. The molecule has 0 amide bonds. The van der Waals surface area contributed by atoms with Crippen LogP contribution in [-0.4, -0.2) is 40.1 Å². The first kappa shape index (κ1) is 12.3. The van der Waals surface area contributed by atoms with Crippen molar-refractivity contribution in [2.45, 2.75) is 39.2 Å². The second-order valence-electron chi connectivity index (χ2n) is 4.92. The molecule has 2 heterocycles. The monoisotopic (exact) mass is 235 g/mol. The van der Waals surface area contributed by atoms with Crippen LogP contribution >= 0.6 is 0 Å². The van der Waals surface area contributed by atoms with Gasteiger partial charge in [-0.2, -0.15) is 5.10 Å². The maximum absolute atomic E-state index is 11.5. The molecular weight excluding hydrogens is 214 g/mol. The standard InChI is InChI=1S/C13H21N3O/c1-3-13(17)10-15-6-4-5-12(9-15)16-8-11(2)7-14-16/h7-8,12H,3-6,9-10H2,1-2H3. The highest BCUT2D eigenvalue weighted by atomic mass is 16.1. The van der Waals surface area contributed by atoms with Gasteiger partial charge in [-0.25, -0.2) is 0 Å². The van der Waals surface area contributed by atoms with E-state index in [0.717, 1.165) is 25.9 Å². The maximum Gasteiger partial charge on any atom is 0.146 e. The van der Waals surface area contributed by atoms with E-state index < -0.39 is 0 Å². The van der Waals surface area contributed by atoms with Gasteiger partial charge in [0.2, 0.25) is 0 Å². The molecule has 1 atom stereocenters. The summed E-state index contributed by atoms with van der Waals surface area (Å²) in [6.45, 7) is 6.59. The minimum absolute atomic E-state index is 0.335. The quantitative estimate of drug-likeness (QED) is 0.799. The van der Waals surface area contributed by atoms with Gasteiger partial charge in [0, 0.05) is 19.2 Å². The van der Waals surface area contributed by atoms with Crippen LogP contribution < -0.4 is 0 Å². The van der Waals surface area contributed by atoms with Crippen LogP contribution in [0.25, 0.3) is 0 Å². The highest BCUT2D eigenvalue weighted by molar-refractivity contribution is 5.80. The molecule has 1 aromatic heterocycles. The van der Waals surface area contributed by atoms with Gasteiger partial charge in [0.05, 0.1) is 18.8 Å². The third kappa shape index (κ3) is 3.16. The summed E-state index contributed by atoms with van der Waals surface area (Å²) in [4.78, 5) is 13.7. The Morgan fingerprint density at radius 2 is 2.41 bits per heavy atom. The van der Waals surface area contributed by atoms with Crippen LogP contribution in [0.2, 0.25) is 0 Å². The zero-order chi connectivity index (χ0) is 12.3. The Kier molecular flexibility index (Phi) is 3.94. The molecule has 1 aromatic rings. The third-order valence-electron chi connectivity index (χ3n) is 3.38. The molecular formula is C13H21N3O. The molecule has 17 heavy (non-hydrogen) atoms. The zero-order valence-electron chi connectivity index (χ0n) is 10.7. The van der Waals surface area contributed by atoms with Crippen LogP contribution in [0.5, 0.6) is 0 Å². The van der Waals surface area contributed by atoms with Crippen molar-refractivity contribution in [2.75, 3.05) is 19.6 Å². The molecule has 2 rings (SSSR count). The molecule has 0 bridgehead atoms. The molecule has 0 radical (unpaired) electrons. The molecule has 0 N–H and O–H groups in total. The van der Waals surface area contributed by atoms with Gasteiger partial charge in [0.25, 0.3) is 0 Å². The van der Waals surface area contributed by atoms with Crippen LogP contribution in [0.4, 0.5) is 0 Å². The van der Waals surface area contributed by atoms with Crippen LogP contribution in [0.15, 0.2) is 12.4 Å². The minimum Gasteiger partial charge on any atom is -0.298 e. The van der Waals surface area contributed by atoms with Crippen molar-refractivity contribution >= 4 is 5.78 Å². The number of piperidine rings is 1. The summed E-state index contributed by atoms with van der Waals surface area (Å²) in [6.07, 6.45) is 6.95. The normalized spacial score (nSPS) is 21.6. The number of rotatable bonds is 4. The lowest BCUT2D eigenvalue weighted by Gasteiger charge is -2.32. The molecule has 4 nitrogen and oxygen atoms in total. The number of hydrogen-bond acceptors (Lipinski definition) is 3. The topological polar surface area (TPSA) is 38.1 Å². The Labute approximate surface area is 103 Å². The Bertz CT molecular complexity index is 386. The molecule has 0 spiro atoms. The number of carbonyl (C=O) groups excluding carboxylic acids is 1. The van der Waals surface area contributed by atoms with E-state index in [9.17, 15) is 4.79 Å². The van der Waals surface area contributed by atoms with Gasteiger partial charge in [-0.1, -0.05) is 6.92 Å². The fourth-order valence-electron chi connectivity index (χ4n) is 2.38. The summed E-state index contributed by atoms with van der Waals surface area (Å²) in [5.74, 6) is 0.335. The van der Waals surface area contributed by atoms with Gasteiger partial charge in [-0.05, 0) is 31.9 Å². The van der Waals surface area contributed by atoms with Crippen LogP contribution in [-0.2, 0) is 4.79 Å². The molecule has 0 aromatic carbocycles. The Hall–Kier alpha value is -1.16. The fraction of sp³-hybridized carbons (Fsp3) is 0.692. The average molecular weight is 235 g/mol. The van der Waals surface area contributed by atoms with E-state index in [1.165, 1.54) is 5.56 Å². The van der Waals surface area contributed by atoms with Gasteiger partial charge in [0.1, 0.15) is 5.78 Å². The summed E-state index contributed by atoms with van der Waals surface area (Å²) in [7, 11) is 0. The Morgan fingerprint density at radius 3 is 3.06 bits per heavy atom. The van der Waals surface area contributed by atoms with E-state index in [4.69, 9.17) is 0 Å². The SMILES string of the molecule is CCC(=O)CN1CCCC(n2cc(C)cn2)C1. The molecule has 1 fully saturated rings. The molecule has 94 valence electrons. The third-order valence-corrected chi connectivity index (χ3v) is 3.38. The molecule has 1 aliphatic rings. The summed E-state index contributed by atoms with van der Waals surface area (Å²) in [6, 6.07) is 0.433. The molecule has 1 saturated heterocycles. The molecule has 4 heteroatoms. The highest BCUT2D eigenvalue weighted by Gasteiger charge is 2.22. The van der Waals surface area contributed by atoms with Gasteiger partial charge >= 0.3 is 0 Å². The van der Waals surface area contributed by atoms with Gasteiger partial charge < -0.3 is 0 Å². The number of aromatic nitrogens is 2. The molecule has 0 saturated carbocycles. The van der Waals surface area contributed by atoms with Crippen molar-refractivity contribution < 1.29 is 4.79 Å². The first-order chi connectivity index (χ1) is 8.19. The molecule has 1 unspecified atom stereocenters. The number of ketones is 1. The zero-order valence-corrected chi connectivity index (χ0v) is 10.7. The maximum atomic E-state index is 11.5. The summed E-state index contributed by atoms with van der Waals surface area (Å²) in [5, 5.41) is 4.38. The van der Waals surface area contributed by atoms with Gasteiger partial charge in [0.15, 0.2) is 0 Å². The minimum atomic E-state index is 0.335. The van der Waals surface area contributed by atoms with E-state index in [2.05, 4.69) is 27.8 Å². The van der Waals surface area contributed by atoms with Gasteiger partial charge in [-0.15, -0.1) is 0 Å². The first-order valence-electron chi connectivity index (χ1n) is 6.44. The Morgan fingerprint density at radius 1 is 1.59 bits per heavy atom. The van der Waals surface area contributed by atoms with E-state index in [1.54, 1.807) is 0 Å². The van der Waals surface area contributed by atoms with Crippen molar-refractivity contribution in [1.29, 1.82) is 0 Å². The summed E-state index contributed by atoms with van der Waals surface area (Å²) in [5.41, 5.74) is 1.20. The van der Waals surface area contributed by atoms with E-state index >= 15 is 0 Å². The van der Waals surface area contributed by atoms with E-state index in [0.29, 0.717) is 24.8 Å². The van der Waals surface area contributed by atoms with Crippen molar-refractivity contribution in [3.63, 3.8) is 0 Å².